The van der Waals surface area contributed by atoms with Crippen molar-refractivity contribution < 1.29 is 14.3 Å². The number of amides is 2. The highest BCUT2D eigenvalue weighted by molar-refractivity contribution is 5.90. The van der Waals surface area contributed by atoms with Crippen molar-refractivity contribution in [2.45, 2.75) is 13.8 Å². The minimum Gasteiger partial charge on any atom is -0.462 e. The molecule has 0 aliphatic carbocycles. The van der Waals surface area contributed by atoms with E-state index in [1.54, 1.807) is 37.5 Å². The summed E-state index contributed by atoms with van der Waals surface area (Å²) < 4.78 is 4.96. The lowest BCUT2D eigenvalue weighted by molar-refractivity contribution is 0.0526. The molecule has 0 radical (unpaired) electrons. The van der Waals surface area contributed by atoms with Gasteiger partial charge in [-0.25, -0.2) is 14.6 Å². The highest BCUT2D eigenvalue weighted by Gasteiger charge is 2.09. The summed E-state index contributed by atoms with van der Waals surface area (Å²) in [6.45, 7) is 4.43. The van der Waals surface area contributed by atoms with Crippen molar-refractivity contribution in [3.8, 4) is 11.1 Å². The SMILES string of the molecule is CCNC(=O)Nc1ccc(-c2cncc(C(=O)OCC)c2)cn1. The molecule has 120 valence electrons. The van der Waals surface area contributed by atoms with Gasteiger partial charge >= 0.3 is 12.0 Å². The second-order valence-corrected chi connectivity index (χ2v) is 4.60. The standard InChI is InChI=1S/C16H18N4O3/c1-3-18-16(22)20-14-6-5-11(10-19-14)12-7-13(9-17-8-12)15(21)23-4-2/h5-10H,3-4H2,1-2H3,(H2,18,19,20,22). The van der Waals surface area contributed by atoms with E-state index in [9.17, 15) is 9.59 Å². The van der Waals surface area contributed by atoms with Gasteiger partial charge in [0, 0.05) is 36.3 Å². The molecule has 0 fully saturated rings. The van der Waals surface area contributed by atoms with Crippen LogP contribution < -0.4 is 10.6 Å². The summed E-state index contributed by atoms with van der Waals surface area (Å²) in [5.74, 6) is 0.0264. The Hall–Kier alpha value is -2.96. The van der Waals surface area contributed by atoms with E-state index in [2.05, 4.69) is 20.6 Å². The number of aromatic nitrogens is 2. The number of pyridine rings is 2. The average molecular weight is 314 g/mol. The van der Waals surface area contributed by atoms with Gasteiger partial charge in [0.15, 0.2) is 0 Å². The van der Waals surface area contributed by atoms with E-state index in [-0.39, 0.29) is 6.03 Å². The summed E-state index contributed by atoms with van der Waals surface area (Å²) in [7, 11) is 0. The van der Waals surface area contributed by atoms with Gasteiger partial charge in [-0.1, -0.05) is 0 Å². The zero-order chi connectivity index (χ0) is 16.7. The van der Waals surface area contributed by atoms with E-state index in [0.717, 1.165) is 11.1 Å². The van der Waals surface area contributed by atoms with Crippen LogP contribution in [0.1, 0.15) is 24.2 Å². The Bertz CT molecular complexity index is 686. The van der Waals surface area contributed by atoms with E-state index in [1.807, 2.05) is 6.92 Å². The maximum atomic E-state index is 11.7. The molecule has 0 aromatic carbocycles. The third-order valence-electron chi connectivity index (χ3n) is 2.93. The van der Waals surface area contributed by atoms with E-state index < -0.39 is 5.97 Å². The van der Waals surface area contributed by atoms with Gasteiger partial charge in [0.1, 0.15) is 5.82 Å². The minimum absolute atomic E-state index is 0.307. The van der Waals surface area contributed by atoms with Crippen molar-refractivity contribution >= 4 is 17.8 Å². The fraction of sp³-hybridized carbons (Fsp3) is 0.250. The zero-order valence-electron chi connectivity index (χ0n) is 13.0. The Labute approximate surface area is 134 Å². The molecule has 23 heavy (non-hydrogen) atoms. The summed E-state index contributed by atoms with van der Waals surface area (Å²) in [6.07, 6.45) is 4.70. The van der Waals surface area contributed by atoms with Crippen LogP contribution in [0.5, 0.6) is 0 Å². The molecule has 0 atom stereocenters. The van der Waals surface area contributed by atoms with Gasteiger partial charge in [-0.2, -0.15) is 0 Å². The molecular formula is C16H18N4O3. The molecule has 0 saturated carbocycles. The quantitative estimate of drug-likeness (QED) is 0.827. The number of carbonyl (C=O) groups excluding carboxylic acids is 2. The Morgan fingerprint density at radius 3 is 2.61 bits per heavy atom. The molecule has 2 rings (SSSR count). The number of nitrogens with zero attached hydrogens (tertiary/aromatic N) is 2. The predicted molar refractivity (Wildman–Crippen MR) is 86.1 cm³/mol. The first kappa shape index (κ1) is 16.4. The first-order valence-electron chi connectivity index (χ1n) is 7.27. The van der Waals surface area contributed by atoms with E-state index in [1.165, 1.54) is 6.20 Å². The van der Waals surface area contributed by atoms with E-state index in [4.69, 9.17) is 4.74 Å². The number of carbonyl (C=O) groups is 2. The Morgan fingerprint density at radius 1 is 1.13 bits per heavy atom. The van der Waals surface area contributed by atoms with Crippen molar-refractivity contribution in [1.29, 1.82) is 0 Å². The normalized spacial score (nSPS) is 10.0. The maximum Gasteiger partial charge on any atom is 0.339 e. The van der Waals surface area contributed by atoms with Crippen molar-refractivity contribution in [3.63, 3.8) is 0 Å². The Balaban J connectivity index is 2.14. The second kappa shape index (κ2) is 7.88. The number of nitrogens with one attached hydrogen (secondary N) is 2. The molecule has 2 aromatic rings. The number of esters is 1. The monoisotopic (exact) mass is 314 g/mol. The fourth-order valence-corrected chi connectivity index (χ4v) is 1.88. The van der Waals surface area contributed by atoms with Crippen LogP contribution in [0.15, 0.2) is 36.8 Å². The minimum atomic E-state index is -0.413. The summed E-state index contributed by atoms with van der Waals surface area (Å²) in [4.78, 5) is 31.4. The van der Waals surface area contributed by atoms with Gasteiger partial charge in [-0.05, 0) is 32.0 Å². The number of anilines is 1. The molecule has 2 N–H and O–H groups in total. The molecule has 0 unspecified atom stereocenters. The van der Waals surface area contributed by atoms with Gasteiger partial charge < -0.3 is 10.1 Å². The fourth-order valence-electron chi connectivity index (χ4n) is 1.88. The van der Waals surface area contributed by atoms with Crippen LogP contribution in [-0.4, -0.2) is 35.1 Å². The van der Waals surface area contributed by atoms with Crippen LogP contribution in [0.25, 0.3) is 11.1 Å². The molecule has 2 heterocycles. The number of hydrogen-bond donors (Lipinski definition) is 2. The number of urea groups is 1. The predicted octanol–water partition coefficient (Wildman–Crippen LogP) is 2.46. The molecule has 0 aliphatic heterocycles. The number of ether oxygens (including phenoxy) is 1. The van der Waals surface area contributed by atoms with E-state index >= 15 is 0 Å². The first-order chi connectivity index (χ1) is 11.1. The topological polar surface area (TPSA) is 93.2 Å². The highest BCUT2D eigenvalue weighted by atomic mass is 16.5. The lowest BCUT2D eigenvalue weighted by atomic mass is 10.1. The Kier molecular flexibility index (Phi) is 5.62. The third kappa shape index (κ3) is 4.50. The molecule has 2 amide bonds. The van der Waals surface area contributed by atoms with Crippen molar-refractivity contribution in [2.75, 3.05) is 18.5 Å². The molecule has 7 nitrogen and oxygen atoms in total. The molecular weight excluding hydrogens is 296 g/mol. The van der Waals surface area contributed by atoms with Crippen LogP contribution >= 0.6 is 0 Å². The molecule has 0 aliphatic rings. The lowest BCUT2D eigenvalue weighted by Gasteiger charge is -2.07. The molecule has 0 saturated heterocycles. The van der Waals surface area contributed by atoms with E-state index in [0.29, 0.717) is 24.5 Å². The zero-order valence-corrected chi connectivity index (χ0v) is 13.0. The number of hydrogen-bond acceptors (Lipinski definition) is 5. The first-order valence-corrected chi connectivity index (χ1v) is 7.27. The molecule has 2 aromatic heterocycles. The van der Waals surface area contributed by atoms with Crippen molar-refractivity contribution in [3.05, 3.63) is 42.4 Å². The lowest BCUT2D eigenvalue weighted by Crippen LogP contribution is -2.28. The maximum absolute atomic E-state index is 11.7. The van der Waals surface area contributed by atoms with Crippen LogP contribution in [0.3, 0.4) is 0 Å². The largest absolute Gasteiger partial charge is 0.462 e. The number of rotatable bonds is 5. The van der Waals surface area contributed by atoms with Crippen LogP contribution in [0.2, 0.25) is 0 Å². The summed E-state index contributed by atoms with van der Waals surface area (Å²) in [6, 6.07) is 4.86. The second-order valence-electron chi connectivity index (χ2n) is 4.60. The van der Waals surface area contributed by atoms with Gasteiger partial charge in [0.2, 0.25) is 0 Å². The third-order valence-corrected chi connectivity index (χ3v) is 2.93. The summed E-state index contributed by atoms with van der Waals surface area (Å²) in [5.41, 5.74) is 1.91. The van der Waals surface area contributed by atoms with Crippen LogP contribution in [0, 0.1) is 0 Å². The molecule has 0 bridgehead atoms. The van der Waals surface area contributed by atoms with Crippen molar-refractivity contribution in [2.24, 2.45) is 0 Å². The van der Waals surface area contributed by atoms with Gasteiger partial charge in [0.05, 0.1) is 12.2 Å². The van der Waals surface area contributed by atoms with Crippen LogP contribution in [0.4, 0.5) is 10.6 Å². The van der Waals surface area contributed by atoms with Crippen molar-refractivity contribution in [1.82, 2.24) is 15.3 Å². The van der Waals surface area contributed by atoms with Gasteiger partial charge in [0.25, 0.3) is 0 Å². The average Bonchev–Trinajstić information content (AvgIpc) is 2.56. The smallest absolute Gasteiger partial charge is 0.339 e. The Morgan fingerprint density at radius 2 is 1.96 bits per heavy atom. The van der Waals surface area contributed by atoms with Gasteiger partial charge in [-0.15, -0.1) is 0 Å². The molecule has 0 spiro atoms. The van der Waals surface area contributed by atoms with Crippen LogP contribution in [-0.2, 0) is 4.74 Å². The summed E-state index contributed by atoms with van der Waals surface area (Å²) in [5, 5.41) is 5.24. The highest BCUT2D eigenvalue weighted by Crippen LogP contribution is 2.20. The molecule has 7 heteroatoms. The van der Waals surface area contributed by atoms with Gasteiger partial charge in [-0.3, -0.25) is 10.3 Å². The summed E-state index contributed by atoms with van der Waals surface area (Å²) >= 11 is 0.